The molecule has 112 valence electrons. The van der Waals surface area contributed by atoms with Gasteiger partial charge < -0.3 is 9.30 Å². The zero-order valence-electron chi connectivity index (χ0n) is 12.6. The quantitative estimate of drug-likeness (QED) is 0.632. The third kappa shape index (κ3) is 2.33. The molecule has 1 saturated heterocycles. The fraction of sp³-hybridized carbons (Fsp3) is 0.263. The molecular weight excluding hydrogens is 294 g/mol. The highest BCUT2D eigenvalue weighted by atomic mass is 35.5. The second-order valence-electron chi connectivity index (χ2n) is 5.99. The van der Waals surface area contributed by atoms with Gasteiger partial charge in [-0.1, -0.05) is 35.4 Å². The predicted molar refractivity (Wildman–Crippen MR) is 91.6 cm³/mol. The number of nitrogens with zero attached hydrogens (tertiary/aromatic N) is 1. The lowest BCUT2D eigenvalue weighted by atomic mass is 10.1. The Labute approximate surface area is 135 Å². The first kappa shape index (κ1) is 13.9. The molecule has 0 N–H and O–H groups in total. The van der Waals surface area contributed by atoms with Gasteiger partial charge in [0.2, 0.25) is 0 Å². The molecule has 3 heteroatoms. The Kier molecular flexibility index (Phi) is 3.44. The Morgan fingerprint density at radius 1 is 1.09 bits per heavy atom. The van der Waals surface area contributed by atoms with E-state index in [1.165, 1.54) is 27.7 Å². The van der Waals surface area contributed by atoms with Crippen molar-refractivity contribution in [1.82, 2.24) is 4.57 Å². The molecule has 0 amide bonds. The van der Waals surface area contributed by atoms with Gasteiger partial charge in [-0.2, -0.15) is 0 Å². The van der Waals surface area contributed by atoms with Crippen LogP contribution in [-0.2, 0) is 4.74 Å². The van der Waals surface area contributed by atoms with E-state index in [-0.39, 0.29) is 0 Å². The van der Waals surface area contributed by atoms with Crippen LogP contribution >= 0.6 is 11.6 Å². The molecule has 1 fully saturated rings. The molecule has 1 aliphatic rings. The number of aromatic nitrogens is 1. The van der Waals surface area contributed by atoms with E-state index in [1.807, 2.05) is 12.1 Å². The van der Waals surface area contributed by atoms with Gasteiger partial charge in [0.05, 0.1) is 12.6 Å². The molecule has 2 nitrogen and oxygen atoms in total. The molecule has 1 atom stereocenters. The van der Waals surface area contributed by atoms with Gasteiger partial charge in [-0.25, -0.2) is 0 Å². The van der Waals surface area contributed by atoms with Crippen LogP contribution < -0.4 is 0 Å². The molecule has 3 aromatic rings. The molecule has 4 rings (SSSR count). The number of halogens is 1. The molecule has 0 bridgehead atoms. The van der Waals surface area contributed by atoms with Crippen LogP contribution in [-0.4, -0.2) is 17.8 Å². The summed E-state index contributed by atoms with van der Waals surface area (Å²) < 4.78 is 8.06. The van der Waals surface area contributed by atoms with Gasteiger partial charge in [0.1, 0.15) is 0 Å². The fourth-order valence-corrected chi connectivity index (χ4v) is 3.44. The summed E-state index contributed by atoms with van der Waals surface area (Å²) >= 11 is 6.04. The lowest BCUT2D eigenvalue weighted by Crippen LogP contribution is -2.09. The Balaban J connectivity index is 1.95. The van der Waals surface area contributed by atoms with E-state index in [2.05, 4.69) is 47.9 Å². The summed E-state index contributed by atoms with van der Waals surface area (Å²) in [6.45, 7) is 3.77. The topological polar surface area (TPSA) is 14.2 Å². The Morgan fingerprint density at radius 3 is 2.64 bits per heavy atom. The van der Waals surface area contributed by atoms with Crippen molar-refractivity contribution in [3.63, 3.8) is 0 Å². The van der Waals surface area contributed by atoms with Crippen molar-refractivity contribution < 1.29 is 4.74 Å². The second-order valence-corrected chi connectivity index (χ2v) is 6.42. The zero-order valence-corrected chi connectivity index (χ0v) is 13.3. The molecular formula is C19H18ClNO. The highest BCUT2D eigenvalue weighted by molar-refractivity contribution is 6.30. The van der Waals surface area contributed by atoms with Gasteiger partial charge in [-0.15, -0.1) is 0 Å². The van der Waals surface area contributed by atoms with Gasteiger partial charge in [0.15, 0.2) is 0 Å². The summed E-state index contributed by atoms with van der Waals surface area (Å²) in [4.78, 5) is 0. The van der Waals surface area contributed by atoms with Crippen molar-refractivity contribution in [2.45, 2.75) is 19.4 Å². The van der Waals surface area contributed by atoms with E-state index in [9.17, 15) is 0 Å². The second kappa shape index (κ2) is 5.45. The summed E-state index contributed by atoms with van der Waals surface area (Å²) in [6.07, 6.45) is 1.07. The van der Waals surface area contributed by atoms with E-state index in [1.54, 1.807) is 0 Å². The normalized spacial score (nSPS) is 18.2. The molecule has 0 radical (unpaired) electrons. The number of ether oxygens (including phenoxy) is 1. The average Bonchev–Trinajstić information content (AvgIpc) is 3.14. The molecule has 1 aromatic heterocycles. The Bertz CT molecular complexity index is 813. The summed E-state index contributed by atoms with van der Waals surface area (Å²) in [5.74, 6) is 0. The molecule has 22 heavy (non-hydrogen) atoms. The minimum absolute atomic E-state index is 0.408. The number of hydrogen-bond donors (Lipinski definition) is 0. The van der Waals surface area contributed by atoms with Crippen molar-refractivity contribution in [3.05, 3.63) is 59.1 Å². The highest BCUT2D eigenvalue weighted by Gasteiger charge is 2.22. The van der Waals surface area contributed by atoms with Gasteiger partial charge >= 0.3 is 0 Å². The van der Waals surface area contributed by atoms with Gasteiger partial charge in [-0.3, -0.25) is 0 Å². The maximum absolute atomic E-state index is 6.04. The zero-order chi connectivity index (χ0) is 15.1. The van der Waals surface area contributed by atoms with Crippen LogP contribution in [0.15, 0.2) is 48.5 Å². The Morgan fingerprint density at radius 2 is 1.91 bits per heavy atom. The maximum Gasteiger partial charge on any atom is 0.0675 e. The van der Waals surface area contributed by atoms with E-state index >= 15 is 0 Å². The van der Waals surface area contributed by atoms with Crippen molar-refractivity contribution >= 4 is 22.5 Å². The molecule has 2 aromatic carbocycles. The lowest BCUT2D eigenvalue weighted by Gasteiger charge is -2.17. The predicted octanol–water partition coefficient (Wildman–Crippen LogP) is 5.23. The van der Waals surface area contributed by atoms with Gasteiger partial charge in [0, 0.05) is 28.2 Å². The van der Waals surface area contributed by atoms with Crippen LogP contribution in [0.2, 0.25) is 5.02 Å². The van der Waals surface area contributed by atoms with Crippen LogP contribution in [0.5, 0.6) is 0 Å². The summed E-state index contributed by atoms with van der Waals surface area (Å²) in [6, 6.07) is 17.4. The summed E-state index contributed by atoms with van der Waals surface area (Å²) in [5.41, 5.74) is 5.01. The lowest BCUT2D eigenvalue weighted by molar-refractivity contribution is 0.187. The number of rotatable bonds is 2. The molecule has 0 saturated carbocycles. The molecule has 1 aliphatic heterocycles. The van der Waals surface area contributed by atoms with Crippen molar-refractivity contribution in [3.8, 4) is 11.3 Å². The Hall–Kier alpha value is -1.77. The monoisotopic (exact) mass is 311 g/mol. The molecule has 0 spiro atoms. The minimum atomic E-state index is 0.408. The van der Waals surface area contributed by atoms with Crippen LogP contribution in [0.1, 0.15) is 18.0 Å². The van der Waals surface area contributed by atoms with Gasteiger partial charge in [-0.05, 0) is 49.2 Å². The molecule has 2 heterocycles. The fourth-order valence-electron chi connectivity index (χ4n) is 3.32. The van der Waals surface area contributed by atoms with E-state index in [0.717, 1.165) is 24.7 Å². The van der Waals surface area contributed by atoms with E-state index in [0.29, 0.717) is 6.04 Å². The number of aryl methyl sites for hydroxylation is 1. The van der Waals surface area contributed by atoms with Crippen molar-refractivity contribution in [1.29, 1.82) is 0 Å². The maximum atomic E-state index is 6.04. The first-order chi connectivity index (χ1) is 10.7. The first-order valence-corrected chi connectivity index (χ1v) is 8.05. The summed E-state index contributed by atoms with van der Waals surface area (Å²) in [7, 11) is 0. The van der Waals surface area contributed by atoms with E-state index < -0.39 is 0 Å². The third-order valence-corrected chi connectivity index (χ3v) is 4.66. The number of fused-ring (bicyclic) bond motifs is 1. The van der Waals surface area contributed by atoms with E-state index in [4.69, 9.17) is 16.3 Å². The van der Waals surface area contributed by atoms with Crippen LogP contribution in [0.3, 0.4) is 0 Å². The van der Waals surface area contributed by atoms with Crippen LogP contribution in [0.25, 0.3) is 22.2 Å². The smallest absolute Gasteiger partial charge is 0.0675 e. The van der Waals surface area contributed by atoms with Crippen molar-refractivity contribution in [2.24, 2.45) is 0 Å². The van der Waals surface area contributed by atoms with Crippen LogP contribution in [0, 0.1) is 6.92 Å². The third-order valence-electron chi connectivity index (χ3n) is 4.41. The first-order valence-electron chi connectivity index (χ1n) is 7.67. The minimum Gasteiger partial charge on any atom is -0.379 e. The highest BCUT2D eigenvalue weighted by Crippen LogP contribution is 2.35. The van der Waals surface area contributed by atoms with Gasteiger partial charge in [0.25, 0.3) is 0 Å². The molecule has 1 unspecified atom stereocenters. The number of benzene rings is 2. The SMILES string of the molecule is Cc1ccc2c(c1)cc(-c1ccc(Cl)cc1)n2C1CCOC1. The molecule has 0 aliphatic carbocycles. The van der Waals surface area contributed by atoms with Crippen LogP contribution in [0.4, 0.5) is 0 Å². The largest absolute Gasteiger partial charge is 0.379 e. The summed E-state index contributed by atoms with van der Waals surface area (Å²) in [5, 5.41) is 2.06. The standard InChI is InChI=1S/C19H18ClNO/c1-13-2-7-18-15(10-13)11-19(14-3-5-16(20)6-4-14)21(18)17-8-9-22-12-17/h2-7,10-11,17H,8-9,12H2,1H3. The van der Waals surface area contributed by atoms with Crippen molar-refractivity contribution in [2.75, 3.05) is 13.2 Å². The number of hydrogen-bond acceptors (Lipinski definition) is 1. The average molecular weight is 312 g/mol.